The van der Waals surface area contributed by atoms with Gasteiger partial charge in [-0.2, -0.15) is 10.5 Å². The van der Waals surface area contributed by atoms with Crippen LogP contribution >= 0.6 is 11.3 Å². The van der Waals surface area contributed by atoms with Crippen molar-refractivity contribution in [3.8, 4) is 12.1 Å². The summed E-state index contributed by atoms with van der Waals surface area (Å²) in [6.07, 6.45) is 1.58. The van der Waals surface area contributed by atoms with Gasteiger partial charge >= 0.3 is 0 Å². The number of thiazole rings is 1. The molecule has 4 rings (SSSR count). The average molecular weight is 418 g/mol. The van der Waals surface area contributed by atoms with E-state index in [4.69, 9.17) is 5.73 Å². The summed E-state index contributed by atoms with van der Waals surface area (Å²) < 4.78 is 28.6. The Hall–Kier alpha value is -4.01. The van der Waals surface area contributed by atoms with Gasteiger partial charge in [-0.05, 0) is 41.5 Å². The molecule has 3 aromatic rings. The first kappa shape index (κ1) is 19.3. The number of aromatic nitrogens is 1. The molecular weight excluding hydrogens is 406 g/mol. The number of allylic oxidation sites excluding steroid dienone is 2. The summed E-state index contributed by atoms with van der Waals surface area (Å²) in [5, 5.41) is 19.3. The molecule has 0 fully saturated rings. The van der Waals surface area contributed by atoms with Gasteiger partial charge in [-0.15, -0.1) is 11.3 Å². The molecule has 8 heteroatoms. The Labute approximate surface area is 173 Å². The summed E-state index contributed by atoms with van der Waals surface area (Å²) in [6, 6.07) is 14.1. The van der Waals surface area contributed by atoms with Crippen LogP contribution in [-0.2, 0) is 0 Å². The topological polar surface area (TPSA) is 95.6 Å². The number of hydrogen-bond donors (Lipinski definition) is 1. The van der Waals surface area contributed by atoms with Crippen LogP contribution in [0.2, 0.25) is 0 Å². The molecule has 5 nitrogen and oxygen atoms in total. The second kappa shape index (κ2) is 7.43. The molecular formula is C22H12F2N4OS. The molecule has 0 aliphatic carbocycles. The van der Waals surface area contributed by atoms with E-state index in [1.807, 2.05) is 12.1 Å². The summed E-state index contributed by atoms with van der Waals surface area (Å²) in [7, 11) is 0. The molecule has 1 atom stereocenters. The zero-order chi connectivity index (χ0) is 21.4. The fourth-order valence-corrected chi connectivity index (χ4v) is 4.47. The molecule has 0 saturated heterocycles. The number of nitrogens with two attached hydrogens (primary N) is 1. The smallest absolute Gasteiger partial charge is 0.269 e. The molecule has 1 aliphatic rings. The fraction of sp³-hybridized carbons (Fsp3) is 0.0455. The molecule has 2 aromatic carbocycles. The van der Waals surface area contributed by atoms with E-state index in [-0.39, 0.29) is 16.8 Å². The summed E-state index contributed by atoms with van der Waals surface area (Å²) in [4.78, 5) is 13.3. The molecule has 2 N–H and O–H groups in total. The van der Waals surface area contributed by atoms with Crippen molar-refractivity contribution in [3.63, 3.8) is 0 Å². The van der Waals surface area contributed by atoms with E-state index >= 15 is 0 Å². The highest BCUT2D eigenvalue weighted by molar-refractivity contribution is 7.07. The van der Waals surface area contributed by atoms with Crippen molar-refractivity contribution in [1.82, 2.24) is 4.57 Å². The molecule has 0 amide bonds. The standard InChI is InChI=1S/C22H12F2N4OS/c23-14-5-1-12(2-6-14)9-18-21(29)28-20(13-3-7-15(24)8-4-13)16(10-25)19(27)17(11-26)22(28)30-18/h1-9,20H,27H2/b18-9+/t20-/m0/s1. The van der Waals surface area contributed by atoms with Gasteiger partial charge in [0.15, 0.2) is 0 Å². The number of halogens is 2. The lowest BCUT2D eigenvalue weighted by molar-refractivity contribution is 0.614. The maximum absolute atomic E-state index is 13.4. The van der Waals surface area contributed by atoms with Crippen molar-refractivity contribution in [2.24, 2.45) is 5.73 Å². The van der Waals surface area contributed by atoms with Crippen LogP contribution < -0.4 is 20.5 Å². The second-order valence-corrected chi connectivity index (χ2v) is 7.55. The normalized spacial score (nSPS) is 16.2. The van der Waals surface area contributed by atoms with Crippen molar-refractivity contribution >= 4 is 23.0 Å². The van der Waals surface area contributed by atoms with Crippen LogP contribution in [0.1, 0.15) is 17.2 Å². The minimum absolute atomic E-state index is 0.0103. The van der Waals surface area contributed by atoms with E-state index in [1.165, 1.54) is 53.1 Å². The van der Waals surface area contributed by atoms with Crippen molar-refractivity contribution in [2.45, 2.75) is 6.04 Å². The van der Waals surface area contributed by atoms with Gasteiger partial charge in [0.2, 0.25) is 0 Å². The van der Waals surface area contributed by atoms with Crippen LogP contribution in [-0.4, -0.2) is 4.57 Å². The van der Waals surface area contributed by atoms with Crippen LogP contribution in [0, 0.1) is 34.3 Å². The van der Waals surface area contributed by atoms with Crippen LogP contribution in [0.4, 0.5) is 8.78 Å². The molecule has 146 valence electrons. The molecule has 2 heterocycles. The highest BCUT2D eigenvalue weighted by Gasteiger charge is 2.31. The average Bonchev–Trinajstić information content (AvgIpc) is 3.05. The minimum Gasteiger partial charge on any atom is -0.397 e. The molecule has 0 bridgehead atoms. The van der Waals surface area contributed by atoms with Gasteiger partial charge in [-0.1, -0.05) is 24.3 Å². The van der Waals surface area contributed by atoms with Crippen molar-refractivity contribution in [2.75, 3.05) is 0 Å². The zero-order valence-corrected chi connectivity index (χ0v) is 16.1. The number of rotatable bonds is 2. The highest BCUT2D eigenvalue weighted by Crippen LogP contribution is 2.30. The van der Waals surface area contributed by atoms with Gasteiger partial charge in [0.05, 0.1) is 21.9 Å². The quantitative estimate of drug-likeness (QED) is 0.689. The fourth-order valence-electron chi connectivity index (χ4n) is 3.33. The summed E-state index contributed by atoms with van der Waals surface area (Å²) in [6.45, 7) is 0. The van der Waals surface area contributed by atoms with E-state index in [1.54, 1.807) is 6.08 Å². The third-order valence-corrected chi connectivity index (χ3v) is 5.85. The lowest BCUT2D eigenvalue weighted by Crippen LogP contribution is -2.40. The van der Waals surface area contributed by atoms with E-state index in [0.717, 1.165) is 11.3 Å². The minimum atomic E-state index is -0.887. The second-order valence-electron chi connectivity index (χ2n) is 6.52. The van der Waals surface area contributed by atoms with Gasteiger partial charge in [-0.3, -0.25) is 9.36 Å². The Bertz CT molecular complexity index is 1450. The predicted molar refractivity (Wildman–Crippen MR) is 108 cm³/mol. The molecule has 0 unspecified atom stereocenters. The SMILES string of the molecule is N#CC1=C(N)C(C#N)=c2s/c(=C/c3ccc(F)cc3)c(=O)n2[C@H]1c1ccc(F)cc1. The van der Waals surface area contributed by atoms with E-state index in [0.29, 0.717) is 20.3 Å². The van der Waals surface area contributed by atoms with E-state index < -0.39 is 23.2 Å². The Balaban J connectivity index is 2.05. The van der Waals surface area contributed by atoms with Crippen molar-refractivity contribution in [1.29, 1.82) is 10.5 Å². The Kier molecular flexibility index (Phi) is 4.78. The molecule has 1 aliphatic heterocycles. The van der Waals surface area contributed by atoms with Gasteiger partial charge in [0, 0.05) is 0 Å². The third-order valence-electron chi connectivity index (χ3n) is 4.75. The predicted octanol–water partition coefficient (Wildman–Crippen LogP) is 2.03. The van der Waals surface area contributed by atoms with Crippen molar-refractivity contribution in [3.05, 3.63) is 102 Å². The molecule has 0 saturated carbocycles. The van der Waals surface area contributed by atoms with Gasteiger partial charge in [0.25, 0.3) is 5.56 Å². The largest absolute Gasteiger partial charge is 0.397 e. The van der Waals surface area contributed by atoms with Crippen LogP contribution in [0.25, 0.3) is 11.6 Å². The lowest BCUT2D eigenvalue weighted by atomic mass is 9.93. The van der Waals surface area contributed by atoms with E-state index in [9.17, 15) is 24.1 Å². The Morgan fingerprint density at radius 2 is 1.60 bits per heavy atom. The number of hydrogen-bond acceptors (Lipinski definition) is 5. The Morgan fingerprint density at radius 1 is 1.00 bits per heavy atom. The van der Waals surface area contributed by atoms with Gasteiger partial charge < -0.3 is 5.73 Å². The molecule has 1 aromatic heterocycles. The van der Waals surface area contributed by atoms with Crippen LogP contribution in [0.3, 0.4) is 0 Å². The zero-order valence-electron chi connectivity index (χ0n) is 15.3. The van der Waals surface area contributed by atoms with Gasteiger partial charge in [-0.25, -0.2) is 8.78 Å². The first-order chi connectivity index (χ1) is 14.4. The third kappa shape index (κ3) is 3.10. The summed E-state index contributed by atoms with van der Waals surface area (Å²) in [5.41, 5.74) is 6.83. The van der Waals surface area contributed by atoms with Crippen LogP contribution in [0.15, 0.2) is 64.6 Å². The first-order valence-corrected chi connectivity index (χ1v) is 9.55. The molecule has 0 radical (unpaired) electrons. The van der Waals surface area contributed by atoms with E-state index in [2.05, 4.69) is 0 Å². The maximum Gasteiger partial charge on any atom is 0.269 e. The molecule has 0 spiro atoms. The monoisotopic (exact) mass is 418 g/mol. The number of nitriles is 2. The maximum atomic E-state index is 13.4. The molecule has 30 heavy (non-hydrogen) atoms. The van der Waals surface area contributed by atoms with Crippen LogP contribution in [0.5, 0.6) is 0 Å². The summed E-state index contributed by atoms with van der Waals surface area (Å²) >= 11 is 1.06. The van der Waals surface area contributed by atoms with Crippen molar-refractivity contribution < 1.29 is 8.78 Å². The van der Waals surface area contributed by atoms with Gasteiger partial charge in [0.1, 0.15) is 34.0 Å². The highest BCUT2D eigenvalue weighted by atomic mass is 32.1. The first-order valence-electron chi connectivity index (χ1n) is 8.73. The number of nitrogens with zero attached hydrogens (tertiary/aromatic N) is 3. The number of benzene rings is 2. The lowest BCUT2D eigenvalue weighted by Gasteiger charge is -2.23. The summed E-state index contributed by atoms with van der Waals surface area (Å²) in [5.74, 6) is -0.862. The number of fused-ring (bicyclic) bond motifs is 1. The Morgan fingerprint density at radius 3 is 2.17 bits per heavy atom.